The van der Waals surface area contributed by atoms with Gasteiger partial charge in [0.25, 0.3) is 0 Å². The molecule has 1 aliphatic rings. The minimum Gasteiger partial charge on any atom is -0.396 e. The van der Waals surface area contributed by atoms with Crippen molar-refractivity contribution in [1.82, 2.24) is 10.2 Å². The molecule has 1 aliphatic heterocycles. The number of nitrogens with zero attached hydrogens (tertiary/aromatic N) is 1. The quantitative estimate of drug-likeness (QED) is 0.603. The van der Waals surface area contributed by atoms with Gasteiger partial charge >= 0.3 is 0 Å². The van der Waals surface area contributed by atoms with Gasteiger partial charge < -0.3 is 15.3 Å². The molecule has 2 N–H and O–H groups in total. The average molecular weight is 228 g/mol. The molecular weight excluding hydrogens is 204 g/mol. The fraction of sp³-hybridized carbons (Fsp3) is 0.917. The predicted octanol–water partition coefficient (Wildman–Crippen LogP) is 0.751. The molecule has 1 rings (SSSR count). The molecule has 0 radical (unpaired) electrons. The molecular formula is C12H24N2O2. The molecule has 1 saturated heterocycles. The van der Waals surface area contributed by atoms with Gasteiger partial charge in [0.2, 0.25) is 5.91 Å². The summed E-state index contributed by atoms with van der Waals surface area (Å²) in [6.45, 7) is 3.93. The zero-order chi connectivity index (χ0) is 11.6. The molecule has 0 aromatic heterocycles. The maximum Gasteiger partial charge on any atom is 0.223 e. The van der Waals surface area contributed by atoms with E-state index in [1.807, 2.05) is 4.90 Å². The molecule has 94 valence electrons. The Hall–Kier alpha value is -0.610. The number of unbranched alkanes of at least 4 members (excludes halogenated alkanes) is 2. The third-order valence-corrected chi connectivity index (χ3v) is 2.99. The van der Waals surface area contributed by atoms with Gasteiger partial charge in [-0.15, -0.1) is 0 Å². The molecule has 4 nitrogen and oxygen atoms in total. The second-order valence-electron chi connectivity index (χ2n) is 4.37. The summed E-state index contributed by atoms with van der Waals surface area (Å²) in [5.74, 6) is 0.292. The van der Waals surface area contributed by atoms with E-state index in [0.717, 1.165) is 45.4 Å². The molecule has 0 aromatic rings. The molecule has 0 bridgehead atoms. The summed E-state index contributed by atoms with van der Waals surface area (Å²) in [7, 11) is 0. The van der Waals surface area contributed by atoms with Gasteiger partial charge in [0.1, 0.15) is 0 Å². The third kappa shape index (κ3) is 5.47. The van der Waals surface area contributed by atoms with Crippen LogP contribution in [0.1, 0.15) is 38.5 Å². The van der Waals surface area contributed by atoms with E-state index in [1.165, 1.54) is 12.8 Å². The number of likely N-dealkylation sites (tertiary alicyclic amines) is 1. The van der Waals surface area contributed by atoms with Gasteiger partial charge in [-0.2, -0.15) is 0 Å². The Labute approximate surface area is 98.0 Å². The normalized spacial score (nSPS) is 15.7. The molecule has 0 aromatic carbocycles. The monoisotopic (exact) mass is 228 g/mol. The molecule has 0 saturated carbocycles. The van der Waals surface area contributed by atoms with Gasteiger partial charge in [-0.25, -0.2) is 0 Å². The van der Waals surface area contributed by atoms with E-state index < -0.39 is 0 Å². The largest absolute Gasteiger partial charge is 0.396 e. The molecule has 0 unspecified atom stereocenters. The van der Waals surface area contributed by atoms with Crippen LogP contribution < -0.4 is 5.32 Å². The summed E-state index contributed by atoms with van der Waals surface area (Å²) in [6, 6.07) is 0. The van der Waals surface area contributed by atoms with Crippen LogP contribution in [0.4, 0.5) is 0 Å². The number of aliphatic hydroxyl groups excluding tert-OH is 1. The Morgan fingerprint density at radius 2 is 1.88 bits per heavy atom. The first kappa shape index (κ1) is 13.5. The molecule has 4 heteroatoms. The van der Waals surface area contributed by atoms with Crippen LogP contribution in [0.15, 0.2) is 0 Å². The molecule has 1 fully saturated rings. The summed E-state index contributed by atoms with van der Waals surface area (Å²) < 4.78 is 0. The molecule has 0 spiro atoms. The van der Waals surface area contributed by atoms with Crippen molar-refractivity contribution < 1.29 is 9.90 Å². The lowest BCUT2D eigenvalue weighted by Gasteiger charge is -2.15. The van der Waals surface area contributed by atoms with E-state index in [-0.39, 0.29) is 6.61 Å². The zero-order valence-electron chi connectivity index (χ0n) is 10.1. The average Bonchev–Trinajstić information content (AvgIpc) is 2.81. The fourth-order valence-electron chi connectivity index (χ4n) is 1.98. The van der Waals surface area contributed by atoms with Gasteiger partial charge in [0.15, 0.2) is 0 Å². The Morgan fingerprint density at radius 1 is 1.12 bits per heavy atom. The zero-order valence-corrected chi connectivity index (χ0v) is 10.1. The fourth-order valence-corrected chi connectivity index (χ4v) is 1.98. The first-order valence-electron chi connectivity index (χ1n) is 6.44. The van der Waals surface area contributed by atoms with Crippen LogP contribution in [0.3, 0.4) is 0 Å². The lowest BCUT2D eigenvalue weighted by Crippen LogP contribution is -2.30. The van der Waals surface area contributed by atoms with Gasteiger partial charge in [-0.1, -0.05) is 0 Å². The highest BCUT2D eigenvalue weighted by molar-refractivity contribution is 5.76. The van der Waals surface area contributed by atoms with E-state index in [4.69, 9.17) is 5.11 Å². The maximum absolute atomic E-state index is 11.6. The van der Waals surface area contributed by atoms with E-state index >= 15 is 0 Å². The van der Waals surface area contributed by atoms with Crippen molar-refractivity contribution in [3.63, 3.8) is 0 Å². The van der Waals surface area contributed by atoms with Crippen molar-refractivity contribution in [2.24, 2.45) is 0 Å². The Morgan fingerprint density at radius 3 is 2.56 bits per heavy atom. The Kier molecular flexibility index (Phi) is 7.17. The van der Waals surface area contributed by atoms with Crippen LogP contribution in [-0.4, -0.2) is 48.7 Å². The summed E-state index contributed by atoms with van der Waals surface area (Å²) in [4.78, 5) is 13.6. The standard InChI is InChI=1S/C12H24N2O2/c15-11-5-1-2-7-13-8-6-12(16)14-9-3-4-10-14/h13,15H,1-11H2. The van der Waals surface area contributed by atoms with Gasteiger partial charge in [0, 0.05) is 32.7 Å². The van der Waals surface area contributed by atoms with E-state index in [0.29, 0.717) is 12.3 Å². The molecule has 0 aliphatic carbocycles. The lowest BCUT2D eigenvalue weighted by atomic mass is 10.2. The number of nitrogens with one attached hydrogen (secondary N) is 1. The Balaban J connectivity index is 1.88. The molecule has 16 heavy (non-hydrogen) atoms. The summed E-state index contributed by atoms with van der Waals surface area (Å²) >= 11 is 0. The first-order valence-corrected chi connectivity index (χ1v) is 6.44. The van der Waals surface area contributed by atoms with Crippen LogP contribution in [0, 0.1) is 0 Å². The maximum atomic E-state index is 11.6. The van der Waals surface area contributed by atoms with E-state index in [1.54, 1.807) is 0 Å². The number of carbonyl (C=O) groups excluding carboxylic acids is 1. The van der Waals surface area contributed by atoms with Crippen LogP contribution in [0.5, 0.6) is 0 Å². The number of amides is 1. The molecule has 0 atom stereocenters. The Bertz CT molecular complexity index is 191. The third-order valence-electron chi connectivity index (χ3n) is 2.99. The van der Waals surface area contributed by atoms with Gasteiger partial charge in [-0.3, -0.25) is 4.79 Å². The summed E-state index contributed by atoms with van der Waals surface area (Å²) in [6.07, 6.45) is 5.98. The number of rotatable bonds is 8. The number of carbonyl (C=O) groups is 1. The van der Waals surface area contributed by atoms with Crippen LogP contribution in [0.2, 0.25) is 0 Å². The smallest absolute Gasteiger partial charge is 0.223 e. The second kappa shape index (κ2) is 8.53. The summed E-state index contributed by atoms with van der Waals surface area (Å²) in [5.41, 5.74) is 0. The second-order valence-corrected chi connectivity index (χ2v) is 4.37. The van der Waals surface area contributed by atoms with Crippen LogP contribution >= 0.6 is 0 Å². The molecule has 1 heterocycles. The number of hydrogen-bond acceptors (Lipinski definition) is 3. The SMILES string of the molecule is O=C(CCNCCCCCO)N1CCCC1. The van der Waals surface area contributed by atoms with Crippen molar-refractivity contribution in [2.75, 3.05) is 32.8 Å². The van der Waals surface area contributed by atoms with Gasteiger partial charge in [-0.05, 0) is 38.6 Å². The minimum absolute atomic E-state index is 0.285. The van der Waals surface area contributed by atoms with E-state index in [9.17, 15) is 4.79 Å². The first-order chi connectivity index (χ1) is 7.84. The minimum atomic E-state index is 0.285. The van der Waals surface area contributed by atoms with E-state index in [2.05, 4.69) is 5.32 Å². The highest BCUT2D eigenvalue weighted by atomic mass is 16.2. The van der Waals surface area contributed by atoms with Crippen molar-refractivity contribution in [3.05, 3.63) is 0 Å². The van der Waals surface area contributed by atoms with Crippen molar-refractivity contribution >= 4 is 5.91 Å². The van der Waals surface area contributed by atoms with Crippen LogP contribution in [0.25, 0.3) is 0 Å². The summed E-state index contributed by atoms with van der Waals surface area (Å²) in [5, 5.41) is 11.9. The van der Waals surface area contributed by atoms with Crippen molar-refractivity contribution in [1.29, 1.82) is 0 Å². The van der Waals surface area contributed by atoms with Gasteiger partial charge in [0.05, 0.1) is 0 Å². The van der Waals surface area contributed by atoms with Crippen molar-refractivity contribution in [2.45, 2.75) is 38.5 Å². The van der Waals surface area contributed by atoms with Crippen LogP contribution in [-0.2, 0) is 4.79 Å². The highest BCUT2D eigenvalue weighted by Crippen LogP contribution is 2.08. The molecule has 1 amide bonds. The predicted molar refractivity (Wildman–Crippen MR) is 64.2 cm³/mol. The number of hydrogen-bond donors (Lipinski definition) is 2. The lowest BCUT2D eigenvalue weighted by molar-refractivity contribution is -0.130. The van der Waals surface area contributed by atoms with Crippen molar-refractivity contribution in [3.8, 4) is 0 Å². The number of aliphatic hydroxyl groups is 1. The topological polar surface area (TPSA) is 52.6 Å². The highest BCUT2D eigenvalue weighted by Gasteiger charge is 2.16.